The molecule has 0 aromatic carbocycles. The van der Waals surface area contributed by atoms with Crippen LogP contribution < -0.4 is 0 Å². The van der Waals surface area contributed by atoms with E-state index in [-0.39, 0.29) is 0 Å². The Kier molecular flexibility index (Phi) is 2.29. The summed E-state index contributed by atoms with van der Waals surface area (Å²) in [4.78, 5) is 7.80. The number of aryl methyl sites for hydroxylation is 4. The van der Waals surface area contributed by atoms with Crippen LogP contribution in [0.4, 0.5) is 0 Å². The second kappa shape index (κ2) is 3.84. The lowest BCUT2D eigenvalue weighted by molar-refractivity contribution is 0.664. The first-order valence-electron chi connectivity index (χ1n) is 6.94. The Labute approximate surface area is 106 Å². The molecule has 0 unspecified atom stereocenters. The topological polar surface area (TPSA) is 17.3 Å². The predicted molar refractivity (Wildman–Crippen MR) is 71.0 cm³/mol. The maximum absolute atomic E-state index is 4.90. The van der Waals surface area contributed by atoms with Crippen LogP contribution in [0, 0.1) is 0 Å². The smallest absolute Gasteiger partial charge is 0.194 e. The SMILES string of the molecule is C1CCc2nc3sc4c(n3c2CC1)CCCC4. The van der Waals surface area contributed by atoms with E-state index in [4.69, 9.17) is 4.98 Å². The van der Waals surface area contributed by atoms with Crippen molar-refractivity contribution in [2.24, 2.45) is 0 Å². The van der Waals surface area contributed by atoms with E-state index in [2.05, 4.69) is 4.40 Å². The van der Waals surface area contributed by atoms with Crippen molar-refractivity contribution in [1.82, 2.24) is 9.38 Å². The van der Waals surface area contributed by atoms with Crippen molar-refractivity contribution < 1.29 is 0 Å². The zero-order valence-corrected chi connectivity index (χ0v) is 11.0. The van der Waals surface area contributed by atoms with Gasteiger partial charge in [-0.3, -0.25) is 4.40 Å². The second-order valence-electron chi connectivity index (χ2n) is 5.36. The number of imidazole rings is 1. The van der Waals surface area contributed by atoms with E-state index >= 15 is 0 Å². The number of hydrogen-bond acceptors (Lipinski definition) is 2. The summed E-state index contributed by atoms with van der Waals surface area (Å²) in [5.74, 6) is 0. The van der Waals surface area contributed by atoms with Crippen LogP contribution in [0.25, 0.3) is 4.96 Å². The van der Waals surface area contributed by atoms with Crippen molar-refractivity contribution in [3.05, 3.63) is 22.0 Å². The Morgan fingerprint density at radius 3 is 2.59 bits per heavy atom. The third-order valence-corrected chi connectivity index (χ3v) is 5.37. The first-order chi connectivity index (χ1) is 8.43. The largest absolute Gasteiger partial charge is 0.291 e. The molecule has 2 heterocycles. The van der Waals surface area contributed by atoms with Gasteiger partial charge in [0.15, 0.2) is 4.96 Å². The van der Waals surface area contributed by atoms with Crippen LogP contribution in [0.15, 0.2) is 0 Å². The molecule has 17 heavy (non-hydrogen) atoms. The van der Waals surface area contributed by atoms with Crippen molar-refractivity contribution >= 4 is 16.3 Å². The van der Waals surface area contributed by atoms with Crippen molar-refractivity contribution in [3.8, 4) is 0 Å². The Morgan fingerprint density at radius 2 is 1.59 bits per heavy atom. The maximum atomic E-state index is 4.90. The van der Waals surface area contributed by atoms with E-state index in [0.29, 0.717) is 0 Å². The van der Waals surface area contributed by atoms with E-state index in [1.807, 2.05) is 11.3 Å². The molecule has 0 saturated carbocycles. The van der Waals surface area contributed by atoms with Crippen LogP contribution in [0.3, 0.4) is 0 Å². The molecule has 2 aliphatic rings. The first-order valence-corrected chi connectivity index (χ1v) is 7.76. The minimum atomic E-state index is 1.21. The van der Waals surface area contributed by atoms with Gasteiger partial charge in [-0.05, 0) is 51.4 Å². The fraction of sp³-hybridized carbons (Fsp3) is 0.643. The summed E-state index contributed by atoms with van der Waals surface area (Å²) in [5, 5.41) is 0. The number of fused-ring (bicyclic) bond motifs is 5. The lowest BCUT2D eigenvalue weighted by Crippen LogP contribution is -2.05. The summed E-state index contributed by atoms with van der Waals surface area (Å²) in [7, 11) is 0. The lowest BCUT2D eigenvalue weighted by atomic mass is 10.0. The van der Waals surface area contributed by atoms with Crippen LogP contribution in [0.2, 0.25) is 0 Å². The van der Waals surface area contributed by atoms with Crippen molar-refractivity contribution in [2.45, 2.75) is 57.8 Å². The third-order valence-electron chi connectivity index (χ3n) is 4.23. The molecular formula is C14H18N2S. The second-order valence-corrected chi connectivity index (χ2v) is 6.42. The molecule has 2 aliphatic carbocycles. The number of thiazole rings is 1. The molecule has 4 rings (SSSR count). The molecule has 0 atom stereocenters. The van der Waals surface area contributed by atoms with Crippen LogP contribution >= 0.6 is 11.3 Å². The Hall–Kier alpha value is -0.830. The van der Waals surface area contributed by atoms with Crippen molar-refractivity contribution in [3.63, 3.8) is 0 Å². The monoisotopic (exact) mass is 246 g/mol. The summed E-state index contributed by atoms with van der Waals surface area (Å²) in [6.07, 6.45) is 11.8. The molecule has 0 amide bonds. The summed E-state index contributed by atoms with van der Waals surface area (Å²) in [6, 6.07) is 0. The standard InChI is InChI=1S/C14H18N2S/c1-2-6-10-11(7-3-1)16-12-8-4-5-9-13(12)17-14(16)15-10/h1-9H2. The molecule has 3 heteroatoms. The molecule has 0 N–H and O–H groups in total. The highest BCUT2D eigenvalue weighted by molar-refractivity contribution is 7.17. The number of aromatic nitrogens is 2. The van der Waals surface area contributed by atoms with Gasteiger partial charge in [0, 0.05) is 16.3 Å². The van der Waals surface area contributed by atoms with Crippen LogP contribution in [0.5, 0.6) is 0 Å². The van der Waals surface area contributed by atoms with Gasteiger partial charge in [-0.25, -0.2) is 4.98 Å². The average Bonchev–Trinajstić information content (AvgIpc) is 2.77. The molecule has 0 aliphatic heterocycles. The predicted octanol–water partition coefficient (Wildman–Crippen LogP) is 3.54. The summed E-state index contributed by atoms with van der Waals surface area (Å²) >= 11 is 1.95. The fourth-order valence-corrected chi connectivity index (χ4v) is 4.60. The zero-order valence-electron chi connectivity index (χ0n) is 10.2. The zero-order chi connectivity index (χ0) is 11.2. The maximum Gasteiger partial charge on any atom is 0.194 e. The van der Waals surface area contributed by atoms with E-state index in [1.165, 1.54) is 68.4 Å². The first kappa shape index (κ1) is 10.1. The summed E-state index contributed by atoms with van der Waals surface area (Å²) in [5.41, 5.74) is 4.56. The minimum Gasteiger partial charge on any atom is -0.291 e. The van der Waals surface area contributed by atoms with Gasteiger partial charge in [-0.1, -0.05) is 6.42 Å². The van der Waals surface area contributed by atoms with Gasteiger partial charge in [-0.15, -0.1) is 11.3 Å². The van der Waals surface area contributed by atoms with Gasteiger partial charge in [-0.2, -0.15) is 0 Å². The molecule has 0 fully saturated rings. The van der Waals surface area contributed by atoms with E-state index in [0.717, 1.165) is 0 Å². The summed E-state index contributed by atoms with van der Waals surface area (Å²) < 4.78 is 2.53. The Balaban J connectivity index is 1.95. The Bertz CT molecular complexity index is 564. The van der Waals surface area contributed by atoms with E-state index < -0.39 is 0 Å². The molecule has 2 aromatic rings. The van der Waals surface area contributed by atoms with Gasteiger partial charge < -0.3 is 0 Å². The van der Waals surface area contributed by atoms with Gasteiger partial charge in [0.2, 0.25) is 0 Å². The highest BCUT2D eigenvalue weighted by Crippen LogP contribution is 2.33. The number of rotatable bonds is 0. The van der Waals surface area contributed by atoms with Crippen LogP contribution in [-0.4, -0.2) is 9.38 Å². The minimum absolute atomic E-state index is 1.21. The average molecular weight is 246 g/mol. The molecule has 2 aromatic heterocycles. The highest BCUT2D eigenvalue weighted by Gasteiger charge is 2.22. The van der Waals surface area contributed by atoms with E-state index in [1.54, 1.807) is 16.3 Å². The van der Waals surface area contributed by atoms with Crippen LogP contribution in [0.1, 0.15) is 54.1 Å². The molecule has 0 radical (unpaired) electrons. The molecule has 90 valence electrons. The summed E-state index contributed by atoms with van der Waals surface area (Å²) in [6.45, 7) is 0. The normalized spacial score (nSPS) is 20.0. The quantitative estimate of drug-likeness (QED) is 0.650. The fourth-order valence-electron chi connectivity index (χ4n) is 3.36. The van der Waals surface area contributed by atoms with Gasteiger partial charge in [0.25, 0.3) is 0 Å². The molecule has 2 nitrogen and oxygen atoms in total. The van der Waals surface area contributed by atoms with Crippen molar-refractivity contribution in [2.75, 3.05) is 0 Å². The molecule has 0 bridgehead atoms. The van der Waals surface area contributed by atoms with Gasteiger partial charge >= 0.3 is 0 Å². The highest BCUT2D eigenvalue weighted by atomic mass is 32.1. The number of nitrogens with zero attached hydrogens (tertiary/aromatic N) is 2. The van der Waals surface area contributed by atoms with E-state index in [9.17, 15) is 0 Å². The van der Waals surface area contributed by atoms with Gasteiger partial charge in [0.05, 0.1) is 5.69 Å². The third kappa shape index (κ3) is 1.48. The van der Waals surface area contributed by atoms with Crippen molar-refractivity contribution in [1.29, 1.82) is 0 Å². The van der Waals surface area contributed by atoms with Gasteiger partial charge in [0.1, 0.15) is 0 Å². The molecule has 0 saturated heterocycles. The molecule has 0 spiro atoms. The lowest BCUT2D eigenvalue weighted by Gasteiger charge is -2.12. The molecular weight excluding hydrogens is 228 g/mol. The Morgan fingerprint density at radius 1 is 0.824 bits per heavy atom. The number of hydrogen-bond donors (Lipinski definition) is 0. The van der Waals surface area contributed by atoms with Crippen LogP contribution in [-0.2, 0) is 25.7 Å².